The van der Waals surface area contributed by atoms with Crippen molar-refractivity contribution in [2.75, 3.05) is 34.0 Å². The molecule has 18 heavy (non-hydrogen) atoms. The quantitative estimate of drug-likeness (QED) is 0.682. The van der Waals surface area contributed by atoms with E-state index in [2.05, 4.69) is 11.4 Å². The molecule has 4 nitrogen and oxygen atoms in total. The Hall–Kier alpha value is -1.10. The van der Waals surface area contributed by atoms with E-state index < -0.39 is 0 Å². The van der Waals surface area contributed by atoms with Gasteiger partial charge in [-0.25, -0.2) is 0 Å². The van der Waals surface area contributed by atoms with Crippen LogP contribution in [0.1, 0.15) is 12.5 Å². The van der Waals surface area contributed by atoms with Crippen molar-refractivity contribution in [3.8, 4) is 5.75 Å². The Morgan fingerprint density at radius 2 is 2.00 bits per heavy atom. The Morgan fingerprint density at radius 3 is 2.72 bits per heavy atom. The normalized spacial score (nSPS) is 12.4. The summed E-state index contributed by atoms with van der Waals surface area (Å²) in [5.41, 5.74) is 1.15. The van der Waals surface area contributed by atoms with Gasteiger partial charge in [0.05, 0.1) is 12.7 Å². The number of methoxy groups -OCH3 is 2. The molecule has 102 valence electrons. The first-order valence-corrected chi connectivity index (χ1v) is 6.21. The lowest BCUT2D eigenvalue weighted by atomic mass is 10.2. The summed E-state index contributed by atoms with van der Waals surface area (Å²) in [5.74, 6) is 0.909. The minimum atomic E-state index is 0.0968. The van der Waals surface area contributed by atoms with E-state index in [1.165, 1.54) is 0 Å². The molecule has 0 bridgehead atoms. The van der Waals surface area contributed by atoms with E-state index in [0.717, 1.165) is 24.4 Å². The molecule has 0 aliphatic heterocycles. The molecule has 0 fully saturated rings. The van der Waals surface area contributed by atoms with Crippen LogP contribution >= 0.6 is 0 Å². The van der Waals surface area contributed by atoms with Gasteiger partial charge < -0.3 is 19.5 Å². The maximum absolute atomic E-state index is 5.75. The fourth-order valence-electron chi connectivity index (χ4n) is 1.46. The number of benzene rings is 1. The van der Waals surface area contributed by atoms with Crippen molar-refractivity contribution in [1.82, 2.24) is 5.32 Å². The minimum absolute atomic E-state index is 0.0968. The van der Waals surface area contributed by atoms with Crippen molar-refractivity contribution in [2.45, 2.75) is 19.6 Å². The predicted octanol–water partition coefficient (Wildman–Crippen LogP) is 1.84. The number of rotatable bonds is 9. The molecule has 0 aromatic heterocycles. The van der Waals surface area contributed by atoms with Crippen LogP contribution in [0, 0.1) is 0 Å². The van der Waals surface area contributed by atoms with Gasteiger partial charge in [0.1, 0.15) is 12.4 Å². The van der Waals surface area contributed by atoms with Crippen LogP contribution in [0.2, 0.25) is 0 Å². The van der Waals surface area contributed by atoms with Gasteiger partial charge in [0.25, 0.3) is 0 Å². The van der Waals surface area contributed by atoms with Crippen LogP contribution in [0.4, 0.5) is 0 Å². The van der Waals surface area contributed by atoms with Crippen molar-refractivity contribution in [3.63, 3.8) is 0 Å². The van der Waals surface area contributed by atoms with Crippen LogP contribution in [-0.2, 0) is 16.0 Å². The largest absolute Gasteiger partial charge is 0.491 e. The second kappa shape index (κ2) is 8.91. The molecule has 1 atom stereocenters. The Bertz CT molecular complexity index is 331. The maximum Gasteiger partial charge on any atom is 0.123 e. The molecule has 0 aliphatic carbocycles. The van der Waals surface area contributed by atoms with Gasteiger partial charge in [-0.15, -0.1) is 0 Å². The highest BCUT2D eigenvalue weighted by molar-refractivity contribution is 5.33. The first-order chi connectivity index (χ1) is 8.77. The van der Waals surface area contributed by atoms with Gasteiger partial charge in [0, 0.05) is 32.9 Å². The van der Waals surface area contributed by atoms with E-state index in [4.69, 9.17) is 14.2 Å². The zero-order valence-electron chi connectivity index (χ0n) is 11.4. The summed E-state index contributed by atoms with van der Waals surface area (Å²) in [5, 5.41) is 3.31. The standard InChI is InChI=1S/C14H23NO3/c1-12(17-3)11-18-14-7-5-4-6-13(14)10-15-8-9-16-2/h4-7,12,15H,8-11H2,1-3H3. The third kappa shape index (κ3) is 5.49. The van der Waals surface area contributed by atoms with E-state index in [0.29, 0.717) is 13.2 Å². The zero-order chi connectivity index (χ0) is 13.2. The highest BCUT2D eigenvalue weighted by atomic mass is 16.5. The fraction of sp³-hybridized carbons (Fsp3) is 0.571. The number of hydrogen-bond acceptors (Lipinski definition) is 4. The first kappa shape index (κ1) is 15.0. The third-order valence-corrected chi connectivity index (χ3v) is 2.65. The highest BCUT2D eigenvalue weighted by Crippen LogP contribution is 2.18. The number of hydrogen-bond donors (Lipinski definition) is 1. The Labute approximate surface area is 109 Å². The summed E-state index contributed by atoms with van der Waals surface area (Å²) in [6, 6.07) is 8.04. The van der Waals surface area contributed by atoms with E-state index in [9.17, 15) is 0 Å². The summed E-state index contributed by atoms with van der Waals surface area (Å²) in [6.45, 7) is 4.87. The number of para-hydroxylation sites is 1. The predicted molar refractivity (Wildman–Crippen MR) is 72.0 cm³/mol. The average molecular weight is 253 g/mol. The van der Waals surface area contributed by atoms with Crippen LogP contribution < -0.4 is 10.1 Å². The second-order valence-corrected chi connectivity index (χ2v) is 4.13. The van der Waals surface area contributed by atoms with E-state index in [1.54, 1.807) is 14.2 Å². The minimum Gasteiger partial charge on any atom is -0.491 e. The molecule has 0 heterocycles. The van der Waals surface area contributed by atoms with Crippen molar-refractivity contribution < 1.29 is 14.2 Å². The van der Waals surface area contributed by atoms with Crippen molar-refractivity contribution >= 4 is 0 Å². The van der Waals surface area contributed by atoms with Gasteiger partial charge in [-0.1, -0.05) is 18.2 Å². The third-order valence-electron chi connectivity index (χ3n) is 2.65. The first-order valence-electron chi connectivity index (χ1n) is 6.21. The van der Waals surface area contributed by atoms with Crippen LogP contribution in [0.25, 0.3) is 0 Å². The highest BCUT2D eigenvalue weighted by Gasteiger charge is 2.05. The lowest BCUT2D eigenvalue weighted by Crippen LogP contribution is -2.20. The molecule has 0 aliphatic rings. The second-order valence-electron chi connectivity index (χ2n) is 4.13. The molecule has 0 amide bonds. The fourth-order valence-corrected chi connectivity index (χ4v) is 1.46. The van der Waals surface area contributed by atoms with Gasteiger partial charge in [-0.05, 0) is 13.0 Å². The monoisotopic (exact) mass is 253 g/mol. The number of ether oxygens (including phenoxy) is 3. The van der Waals surface area contributed by atoms with Crippen LogP contribution in [0.15, 0.2) is 24.3 Å². The zero-order valence-corrected chi connectivity index (χ0v) is 11.4. The van der Waals surface area contributed by atoms with E-state index in [1.807, 2.05) is 25.1 Å². The molecule has 0 saturated carbocycles. The van der Waals surface area contributed by atoms with Gasteiger partial charge in [0.2, 0.25) is 0 Å². The van der Waals surface area contributed by atoms with E-state index >= 15 is 0 Å². The number of nitrogens with one attached hydrogen (secondary N) is 1. The molecule has 1 aromatic carbocycles. The van der Waals surface area contributed by atoms with Gasteiger partial charge in [-0.2, -0.15) is 0 Å². The molecular formula is C14H23NO3. The van der Waals surface area contributed by atoms with Crippen LogP contribution in [0.5, 0.6) is 5.75 Å². The molecule has 0 spiro atoms. The summed E-state index contributed by atoms with van der Waals surface area (Å²) in [6.07, 6.45) is 0.0968. The molecule has 1 rings (SSSR count). The lowest BCUT2D eigenvalue weighted by Gasteiger charge is -2.15. The topological polar surface area (TPSA) is 39.7 Å². The van der Waals surface area contributed by atoms with Gasteiger partial charge in [0.15, 0.2) is 0 Å². The Morgan fingerprint density at radius 1 is 1.22 bits per heavy atom. The smallest absolute Gasteiger partial charge is 0.123 e. The molecule has 0 radical (unpaired) electrons. The summed E-state index contributed by atoms with van der Waals surface area (Å²) in [7, 11) is 3.39. The van der Waals surface area contributed by atoms with E-state index in [-0.39, 0.29) is 6.10 Å². The SMILES string of the molecule is COCCNCc1ccccc1OCC(C)OC. The van der Waals surface area contributed by atoms with Gasteiger partial charge >= 0.3 is 0 Å². The van der Waals surface area contributed by atoms with Crippen molar-refractivity contribution in [3.05, 3.63) is 29.8 Å². The summed E-state index contributed by atoms with van der Waals surface area (Å²) < 4.78 is 15.9. The summed E-state index contributed by atoms with van der Waals surface area (Å²) in [4.78, 5) is 0. The molecule has 0 saturated heterocycles. The van der Waals surface area contributed by atoms with Gasteiger partial charge in [-0.3, -0.25) is 0 Å². The molecule has 1 unspecified atom stereocenters. The molecule has 4 heteroatoms. The van der Waals surface area contributed by atoms with Crippen molar-refractivity contribution in [2.24, 2.45) is 0 Å². The summed E-state index contributed by atoms with van der Waals surface area (Å²) >= 11 is 0. The van der Waals surface area contributed by atoms with Crippen LogP contribution in [0.3, 0.4) is 0 Å². The maximum atomic E-state index is 5.75. The average Bonchev–Trinajstić information content (AvgIpc) is 2.42. The molecule has 1 N–H and O–H groups in total. The molecule has 1 aromatic rings. The lowest BCUT2D eigenvalue weighted by molar-refractivity contribution is 0.0712. The molecular weight excluding hydrogens is 230 g/mol. The van der Waals surface area contributed by atoms with Crippen LogP contribution in [-0.4, -0.2) is 40.1 Å². The Balaban J connectivity index is 2.45. The Kier molecular flexibility index (Phi) is 7.41. The van der Waals surface area contributed by atoms with Crippen molar-refractivity contribution in [1.29, 1.82) is 0 Å².